The van der Waals surface area contributed by atoms with Gasteiger partial charge in [-0.05, 0) is 127 Å². The number of benzene rings is 8. The Morgan fingerprint density at radius 3 is 1.22 bits per heavy atom. The summed E-state index contributed by atoms with van der Waals surface area (Å²) < 4.78 is 4.48. The van der Waals surface area contributed by atoms with E-state index in [2.05, 4.69) is 195 Å². The van der Waals surface area contributed by atoms with E-state index in [9.17, 15) is 9.59 Å². The van der Waals surface area contributed by atoms with Crippen LogP contribution in [0.5, 0.6) is 0 Å². The summed E-state index contributed by atoms with van der Waals surface area (Å²) in [6.45, 7) is 8.90. The zero-order valence-corrected chi connectivity index (χ0v) is 41.5. The molecule has 6 heteroatoms. The molecular formula is C68H50N4O2. The first-order valence-corrected chi connectivity index (χ1v) is 25.7. The summed E-state index contributed by atoms with van der Waals surface area (Å²) in [4.78, 5) is 37.3. The number of para-hydroxylation sites is 2. The molecular weight excluding hydrogens is 905 g/mol. The van der Waals surface area contributed by atoms with Crippen molar-refractivity contribution in [2.24, 2.45) is 0 Å². The van der Waals surface area contributed by atoms with Gasteiger partial charge >= 0.3 is 0 Å². The maximum Gasteiger partial charge on any atom is 0.198 e. The number of aromatic nitrogens is 4. The van der Waals surface area contributed by atoms with Crippen LogP contribution in [-0.2, 0) is 10.8 Å². The molecule has 0 radical (unpaired) electrons. The number of pyridine rings is 4. The molecule has 0 bridgehead atoms. The van der Waals surface area contributed by atoms with Gasteiger partial charge in [0, 0.05) is 23.2 Å². The van der Waals surface area contributed by atoms with Gasteiger partial charge in [-0.3, -0.25) is 18.7 Å². The lowest BCUT2D eigenvalue weighted by atomic mass is 9.62. The Morgan fingerprint density at radius 2 is 0.757 bits per heavy atom. The minimum Gasteiger partial charge on any atom is -0.293 e. The van der Waals surface area contributed by atoms with E-state index in [1.807, 2.05) is 48.5 Å². The van der Waals surface area contributed by atoms with Crippen LogP contribution in [0.25, 0.3) is 66.4 Å². The molecule has 0 saturated heterocycles. The third-order valence-corrected chi connectivity index (χ3v) is 16.3. The Bertz CT molecular complexity index is 4160. The molecule has 4 aromatic heterocycles. The SMILES string of the molecule is CC(C)c1ccc2c(c1)-n1c3ncccc3c(=O)c3cccc(c31)C2(c1ccccc1)c1ccccc1.CC(C)c1ccc2c(c1)-n1c3ncccc3c(=O)c3cccc(c31)C21c2ccccc2-c2ccccc21. The lowest BCUT2D eigenvalue weighted by Gasteiger charge is -2.42. The van der Waals surface area contributed by atoms with Crippen molar-refractivity contribution in [3.05, 3.63) is 295 Å². The van der Waals surface area contributed by atoms with E-state index in [0.717, 1.165) is 44.3 Å². The van der Waals surface area contributed by atoms with Crippen molar-refractivity contribution in [2.75, 3.05) is 0 Å². The van der Waals surface area contributed by atoms with Crippen LogP contribution in [-0.4, -0.2) is 19.1 Å². The van der Waals surface area contributed by atoms with E-state index in [1.165, 1.54) is 55.6 Å². The monoisotopic (exact) mass is 954 g/mol. The highest BCUT2D eigenvalue weighted by molar-refractivity contribution is 6.02. The van der Waals surface area contributed by atoms with Crippen molar-refractivity contribution in [2.45, 2.75) is 50.4 Å². The summed E-state index contributed by atoms with van der Waals surface area (Å²) in [7, 11) is 0. The molecule has 6 nitrogen and oxygen atoms in total. The second kappa shape index (κ2) is 16.3. The van der Waals surface area contributed by atoms with Crippen LogP contribution in [0.4, 0.5) is 0 Å². The van der Waals surface area contributed by atoms with Crippen LogP contribution in [0.2, 0.25) is 0 Å². The van der Waals surface area contributed by atoms with Gasteiger partial charge in [0.15, 0.2) is 10.9 Å². The van der Waals surface area contributed by atoms with Crippen LogP contribution in [0.15, 0.2) is 228 Å². The molecule has 15 rings (SSSR count). The molecule has 0 amide bonds. The average Bonchev–Trinajstić information content (AvgIpc) is 3.95. The number of hydrogen-bond acceptors (Lipinski definition) is 4. The summed E-state index contributed by atoms with van der Waals surface area (Å²) in [5, 5.41) is 2.74. The number of nitrogens with zero attached hydrogens (tertiary/aromatic N) is 4. The predicted molar refractivity (Wildman–Crippen MR) is 301 cm³/mol. The number of hydrogen-bond donors (Lipinski definition) is 0. The summed E-state index contributed by atoms with van der Waals surface area (Å²) >= 11 is 0. The van der Waals surface area contributed by atoms with E-state index in [0.29, 0.717) is 33.9 Å². The Kier molecular flexibility index (Phi) is 9.61. The third kappa shape index (κ3) is 5.76. The molecule has 0 unspecified atom stereocenters. The van der Waals surface area contributed by atoms with Crippen molar-refractivity contribution in [1.29, 1.82) is 0 Å². The molecule has 1 spiro atoms. The first-order valence-electron chi connectivity index (χ1n) is 25.7. The van der Waals surface area contributed by atoms with Crippen molar-refractivity contribution >= 4 is 43.9 Å². The van der Waals surface area contributed by atoms with Gasteiger partial charge < -0.3 is 0 Å². The van der Waals surface area contributed by atoms with Crippen LogP contribution < -0.4 is 10.9 Å². The van der Waals surface area contributed by atoms with E-state index >= 15 is 0 Å². The van der Waals surface area contributed by atoms with Gasteiger partial charge in [0.05, 0.1) is 44.0 Å². The van der Waals surface area contributed by atoms with Crippen LogP contribution in [0, 0.1) is 0 Å². The number of fused-ring (bicyclic) bond motifs is 15. The van der Waals surface area contributed by atoms with Gasteiger partial charge in [0.25, 0.3) is 0 Å². The first-order chi connectivity index (χ1) is 36.2. The highest BCUT2D eigenvalue weighted by Crippen LogP contribution is 2.60. The van der Waals surface area contributed by atoms with Gasteiger partial charge in [0.2, 0.25) is 0 Å². The molecule has 1 aliphatic carbocycles. The highest BCUT2D eigenvalue weighted by Gasteiger charge is 2.51. The molecule has 6 heterocycles. The molecule has 2 aliphatic heterocycles. The van der Waals surface area contributed by atoms with Crippen molar-refractivity contribution < 1.29 is 0 Å². The van der Waals surface area contributed by atoms with Gasteiger partial charge in [0.1, 0.15) is 11.3 Å². The van der Waals surface area contributed by atoms with Crippen molar-refractivity contribution in [3.63, 3.8) is 0 Å². The average molecular weight is 955 g/mol. The molecule has 0 fully saturated rings. The lowest BCUT2D eigenvalue weighted by molar-refractivity contribution is 0.722. The molecule has 354 valence electrons. The normalized spacial score (nSPS) is 14.0. The Hall–Kier alpha value is -9.00. The van der Waals surface area contributed by atoms with Crippen LogP contribution in [0.1, 0.15) is 95.2 Å². The second-order valence-corrected chi connectivity index (χ2v) is 20.7. The fraction of sp³-hybridized carbons (Fsp3) is 0.118. The van der Waals surface area contributed by atoms with Gasteiger partial charge in [-0.1, -0.05) is 185 Å². The standard InChI is InChI=1S/C34H24N2O.C34H26N2O/c1-20(2)21-16-17-28-30(19-21)36-31-24(32(37)25-12-8-18-35-33(25)36)11-7-15-29(31)34(28)26-13-5-3-9-22(26)23-10-4-6-14-27(23)34;1-22(2)23-18-19-28-30(21-23)36-31-26(32(37)27-16-10-20-35-33(27)36)15-9-17-29(31)34(28,24-11-5-3-6-12-24)25-13-7-4-8-14-25/h3-20H,1-2H3;3-22H,1-2H3. The van der Waals surface area contributed by atoms with E-state index < -0.39 is 10.8 Å². The summed E-state index contributed by atoms with van der Waals surface area (Å²) in [6, 6.07) is 72.5. The maximum atomic E-state index is 13.9. The van der Waals surface area contributed by atoms with Gasteiger partial charge in [-0.2, -0.15) is 0 Å². The highest BCUT2D eigenvalue weighted by atomic mass is 16.1. The first kappa shape index (κ1) is 43.8. The fourth-order valence-corrected chi connectivity index (χ4v) is 13.1. The smallest absolute Gasteiger partial charge is 0.198 e. The Morgan fingerprint density at radius 1 is 0.365 bits per heavy atom. The summed E-state index contributed by atoms with van der Waals surface area (Å²) in [6.07, 6.45) is 3.57. The Balaban J connectivity index is 0.000000136. The maximum absolute atomic E-state index is 13.9. The second-order valence-electron chi connectivity index (χ2n) is 20.7. The molecule has 3 aliphatic rings. The topological polar surface area (TPSA) is 69.8 Å². The lowest BCUT2D eigenvalue weighted by Crippen LogP contribution is -2.36. The van der Waals surface area contributed by atoms with E-state index in [1.54, 1.807) is 12.4 Å². The van der Waals surface area contributed by atoms with E-state index in [-0.39, 0.29) is 10.9 Å². The molecule has 0 N–H and O–H groups in total. The third-order valence-electron chi connectivity index (χ3n) is 16.3. The van der Waals surface area contributed by atoms with Crippen LogP contribution in [0.3, 0.4) is 0 Å². The van der Waals surface area contributed by atoms with E-state index in [4.69, 9.17) is 9.97 Å². The molecule has 0 saturated carbocycles. The quantitative estimate of drug-likeness (QED) is 0.165. The molecule has 0 atom stereocenters. The fourth-order valence-electron chi connectivity index (χ4n) is 13.1. The minimum absolute atomic E-state index is 0.0229. The molecule has 8 aromatic carbocycles. The molecule has 74 heavy (non-hydrogen) atoms. The summed E-state index contributed by atoms with van der Waals surface area (Å²) in [5.41, 5.74) is 19.0. The number of rotatable bonds is 4. The zero-order valence-electron chi connectivity index (χ0n) is 41.5. The summed E-state index contributed by atoms with van der Waals surface area (Å²) in [5.74, 6) is 0.732. The van der Waals surface area contributed by atoms with Gasteiger partial charge in [-0.15, -0.1) is 0 Å². The van der Waals surface area contributed by atoms with Crippen molar-refractivity contribution in [3.8, 4) is 22.5 Å². The predicted octanol–water partition coefficient (Wildman–Crippen LogP) is 14.7. The minimum atomic E-state index is -0.595. The largest absolute Gasteiger partial charge is 0.293 e. The zero-order chi connectivity index (χ0) is 50.0. The molecule has 12 aromatic rings. The van der Waals surface area contributed by atoms with Crippen molar-refractivity contribution in [1.82, 2.24) is 19.1 Å². The van der Waals surface area contributed by atoms with Crippen LogP contribution >= 0.6 is 0 Å². The Labute approximate surface area is 428 Å². The van der Waals surface area contributed by atoms with Gasteiger partial charge in [-0.25, -0.2) is 9.97 Å².